The van der Waals surface area contributed by atoms with E-state index in [9.17, 15) is 8.78 Å². The summed E-state index contributed by atoms with van der Waals surface area (Å²) in [6.45, 7) is 4.17. The molecule has 0 saturated carbocycles. The van der Waals surface area contributed by atoms with Crippen LogP contribution in [0.4, 0.5) is 26.1 Å². The number of pyridine rings is 1. The maximum atomic E-state index is 13.8. The summed E-state index contributed by atoms with van der Waals surface area (Å²) < 4.78 is 32.5. The van der Waals surface area contributed by atoms with Crippen LogP contribution in [0.5, 0.6) is 5.75 Å². The van der Waals surface area contributed by atoms with Crippen LogP contribution in [0.2, 0.25) is 0 Å². The Labute approximate surface area is 122 Å². The third kappa shape index (κ3) is 3.39. The Morgan fingerprint density at radius 1 is 1.14 bits per heavy atom. The highest BCUT2D eigenvalue weighted by Crippen LogP contribution is 2.26. The minimum atomic E-state index is -0.746. The van der Waals surface area contributed by atoms with Crippen LogP contribution in [0, 0.1) is 18.6 Å². The standard InChI is InChI=1S/C15H17F2N3O/c1-4-18-14-11(16)8-12(17)15(20-14)19-13-6-5-10(21-3)7-9(13)2/h5-8H,4H2,1-3H3,(H2,18,19,20). The molecule has 0 amide bonds. The summed E-state index contributed by atoms with van der Waals surface area (Å²) in [4.78, 5) is 3.94. The van der Waals surface area contributed by atoms with Crippen molar-refractivity contribution in [2.45, 2.75) is 13.8 Å². The van der Waals surface area contributed by atoms with Gasteiger partial charge >= 0.3 is 0 Å². The number of nitrogens with zero attached hydrogens (tertiary/aromatic N) is 1. The molecule has 2 N–H and O–H groups in total. The maximum absolute atomic E-state index is 13.8. The molecule has 0 radical (unpaired) electrons. The molecule has 0 saturated heterocycles. The second-order valence-corrected chi connectivity index (χ2v) is 4.49. The van der Waals surface area contributed by atoms with Crippen LogP contribution in [0.3, 0.4) is 0 Å². The number of halogens is 2. The molecule has 21 heavy (non-hydrogen) atoms. The second kappa shape index (κ2) is 6.39. The molecule has 0 aliphatic heterocycles. The molecule has 6 heteroatoms. The first-order chi connectivity index (χ1) is 10.0. The zero-order valence-electron chi connectivity index (χ0n) is 12.1. The summed E-state index contributed by atoms with van der Waals surface area (Å²) in [5, 5.41) is 5.62. The van der Waals surface area contributed by atoms with Gasteiger partial charge in [0.15, 0.2) is 23.3 Å². The van der Waals surface area contributed by atoms with Gasteiger partial charge in [0.1, 0.15) is 5.75 Å². The van der Waals surface area contributed by atoms with E-state index in [0.29, 0.717) is 18.0 Å². The molecule has 2 aromatic rings. The molecule has 1 aromatic carbocycles. The molecule has 0 spiro atoms. The lowest BCUT2D eigenvalue weighted by molar-refractivity contribution is 0.414. The number of hydrogen-bond acceptors (Lipinski definition) is 4. The van der Waals surface area contributed by atoms with E-state index >= 15 is 0 Å². The van der Waals surface area contributed by atoms with Crippen molar-refractivity contribution in [3.8, 4) is 5.75 Å². The molecule has 4 nitrogen and oxygen atoms in total. The predicted molar refractivity (Wildman–Crippen MR) is 79.3 cm³/mol. The molecule has 0 unspecified atom stereocenters. The van der Waals surface area contributed by atoms with Crippen LogP contribution >= 0.6 is 0 Å². The fraction of sp³-hybridized carbons (Fsp3) is 0.267. The lowest BCUT2D eigenvalue weighted by Gasteiger charge is -2.13. The minimum absolute atomic E-state index is 0.0209. The summed E-state index contributed by atoms with van der Waals surface area (Å²) in [6, 6.07) is 6.13. The lowest BCUT2D eigenvalue weighted by Crippen LogP contribution is -2.06. The van der Waals surface area contributed by atoms with Crippen LogP contribution in [0.15, 0.2) is 24.3 Å². The van der Waals surface area contributed by atoms with E-state index in [0.717, 1.165) is 11.6 Å². The first-order valence-electron chi connectivity index (χ1n) is 6.56. The van der Waals surface area contributed by atoms with Crippen LogP contribution in [-0.4, -0.2) is 18.6 Å². The van der Waals surface area contributed by atoms with Gasteiger partial charge in [-0.1, -0.05) is 0 Å². The topological polar surface area (TPSA) is 46.2 Å². The first kappa shape index (κ1) is 15.0. The Morgan fingerprint density at radius 3 is 2.48 bits per heavy atom. The van der Waals surface area contributed by atoms with Crippen LogP contribution in [0.25, 0.3) is 0 Å². The molecular formula is C15H17F2N3O. The Kier molecular flexibility index (Phi) is 4.57. The molecular weight excluding hydrogens is 276 g/mol. The van der Waals surface area contributed by atoms with Crippen molar-refractivity contribution in [2.24, 2.45) is 0 Å². The molecule has 0 fully saturated rings. The normalized spacial score (nSPS) is 10.3. The number of ether oxygens (including phenoxy) is 1. The number of aromatic nitrogens is 1. The smallest absolute Gasteiger partial charge is 0.169 e. The third-order valence-corrected chi connectivity index (χ3v) is 2.96. The molecule has 112 valence electrons. The fourth-order valence-electron chi connectivity index (χ4n) is 1.88. The molecule has 0 aliphatic carbocycles. The van der Waals surface area contributed by atoms with Gasteiger partial charge in [-0.25, -0.2) is 13.8 Å². The quantitative estimate of drug-likeness (QED) is 0.879. The predicted octanol–water partition coefficient (Wildman–Crippen LogP) is 3.85. The number of hydrogen-bond donors (Lipinski definition) is 2. The van der Waals surface area contributed by atoms with E-state index < -0.39 is 11.6 Å². The highest BCUT2D eigenvalue weighted by molar-refractivity contribution is 5.63. The monoisotopic (exact) mass is 293 g/mol. The third-order valence-electron chi connectivity index (χ3n) is 2.96. The zero-order valence-corrected chi connectivity index (χ0v) is 12.1. The summed E-state index contributed by atoms with van der Waals surface area (Å²) in [5.74, 6) is -0.761. The van der Waals surface area contributed by atoms with E-state index in [-0.39, 0.29) is 11.6 Å². The van der Waals surface area contributed by atoms with Crippen molar-refractivity contribution >= 4 is 17.3 Å². The van der Waals surface area contributed by atoms with Crippen molar-refractivity contribution in [2.75, 3.05) is 24.3 Å². The summed E-state index contributed by atoms with van der Waals surface area (Å²) in [6.07, 6.45) is 0. The van der Waals surface area contributed by atoms with Crippen molar-refractivity contribution in [1.82, 2.24) is 4.98 Å². The van der Waals surface area contributed by atoms with Gasteiger partial charge in [0.05, 0.1) is 7.11 Å². The number of nitrogens with one attached hydrogen (secondary N) is 2. The zero-order chi connectivity index (χ0) is 15.4. The summed E-state index contributed by atoms with van der Waals surface area (Å²) >= 11 is 0. The van der Waals surface area contributed by atoms with E-state index in [1.165, 1.54) is 0 Å². The highest BCUT2D eigenvalue weighted by atomic mass is 19.1. The average Bonchev–Trinajstić information content (AvgIpc) is 2.46. The highest BCUT2D eigenvalue weighted by Gasteiger charge is 2.12. The SMILES string of the molecule is CCNc1nc(Nc2ccc(OC)cc2C)c(F)cc1F. The number of rotatable bonds is 5. The second-order valence-electron chi connectivity index (χ2n) is 4.49. The molecule has 1 aromatic heterocycles. The van der Waals surface area contributed by atoms with Gasteiger partial charge < -0.3 is 15.4 Å². The van der Waals surface area contributed by atoms with E-state index in [2.05, 4.69) is 15.6 Å². The van der Waals surface area contributed by atoms with Crippen molar-refractivity contribution in [1.29, 1.82) is 0 Å². The van der Waals surface area contributed by atoms with Gasteiger partial charge in [-0.3, -0.25) is 0 Å². The van der Waals surface area contributed by atoms with Crippen LogP contribution in [0.1, 0.15) is 12.5 Å². The van der Waals surface area contributed by atoms with Gasteiger partial charge in [-0.2, -0.15) is 0 Å². The summed E-state index contributed by atoms with van der Waals surface area (Å²) in [5.41, 5.74) is 1.54. The van der Waals surface area contributed by atoms with Crippen LogP contribution in [-0.2, 0) is 0 Å². The lowest BCUT2D eigenvalue weighted by atomic mass is 10.2. The Morgan fingerprint density at radius 2 is 1.86 bits per heavy atom. The maximum Gasteiger partial charge on any atom is 0.169 e. The Bertz CT molecular complexity index is 647. The molecule has 2 rings (SSSR count). The number of anilines is 3. The first-order valence-corrected chi connectivity index (χ1v) is 6.56. The average molecular weight is 293 g/mol. The van der Waals surface area contributed by atoms with Crippen molar-refractivity contribution in [3.63, 3.8) is 0 Å². The number of aryl methyl sites for hydroxylation is 1. The minimum Gasteiger partial charge on any atom is -0.497 e. The van der Waals surface area contributed by atoms with E-state index in [4.69, 9.17) is 4.74 Å². The van der Waals surface area contributed by atoms with E-state index in [1.54, 1.807) is 19.2 Å². The Balaban J connectivity index is 2.32. The summed E-state index contributed by atoms with van der Waals surface area (Å²) in [7, 11) is 1.58. The van der Waals surface area contributed by atoms with Gasteiger partial charge in [0.2, 0.25) is 0 Å². The van der Waals surface area contributed by atoms with Crippen molar-refractivity contribution in [3.05, 3.63) is 41.5 Å². The number of methoxy groups -OCH3 is 1. The largest absolute Gasteiger partial charge is 0.497 e. The van der Waals surface area contributed by atoms with Gasteiger partial charge in [0, 0.05) is 18.3 Å². The Hall–Kier alpha value is -2.37. The molecule has 0 aliphatic rings. The fourth-order valence-corrected chi connectivity index (χ4v) is 1.88. The van der Waals surface area contributed by atoms with Crippen LogP contribution < -0.4 is 15.4 Å². The van der Waals surface area contributed by atoms with E-state index in [1.807, 2.05) is 19.9 Å². The molecule has 1 heterocycles. The van der Waals surface area contributed by atoms with Gasteiger partial charge in [0.25, 0.3) is 0 Å². The number of benzene rings is 1. The van der Waals surface area contributed by atoms with Gasteiger partial charge in [-0.05, 0) is 37.6 Å². The van der Waals surface area contributed by atoms with Crippen molar-refractivity contribution < 1.29 is 13.5 Å². The molecule has 0 atom stereocenters. The molecule has 0 bridgehead atoms. The van der Waals surface area contributed by atoms with Gasteiger partial charge in [-0.15, -0.1) is 0 Å².